The van der Waals surface area contributed by atoms with E-state index < -0.39 is 21.6 Å². The van der Waals surface area contributed by atoms with Crippen LogP contribution in [-0.2, 0) is 0 Å². The molecular formula is C12H4N4O2. The summed E-state index contributed by atoms with van der Waals surface area (Å²) in [7, 11) is 0. The van der Waals surface area contributed by atoms with Crippen molar-refractivity contribution in [1.82, 2.24) is 0 Å². The normalized spacial score (nSPS) is 9.89. The predicted octanol–water partition coefficient (Wildman–Crippen LogP) is -0.862. The van der Waals surface area contributed by atoms with Crippen molar-refractivity contribution >= 4 is 10.8 Å². The maximum Gasteiger partial charge on any atom is 0.215 e. The van der Waals surface area contributed by atoms with E-state index >= 15 is 0 Å². The number of rotatable bonds is 0. The molecule has 6 nitrogen and oxygen atoms in total. The van der Waals surface area contributed by atoms with Crippen LogP contribution in [0.15, 0.2) is 21.7 Å². The van der Waals surface area contributed by atoms with Crippen molar-refractivity contribution in [1.29, 1.82) is 21.3 Å². The second kappa shape index (κ2) is 3.72. The molecule has 2 aromatic carbocycles. The molecule has 0 saturated carbocycles. The quantitative estimate of drug-likeness (QED) is 0.616. The van der Waals surface area contributed by atoms with Gasteiger partial charge in [0, 0.05) is 5.39 Å². The third kappa shape index (κ3) is 1.27. The summed E-state index contributed by atoms with van der Waals surface area (Å²) in [6.07, 6.45) is 0. The summed E-state index contributed by atoms with van der Waals surface area (Å²) >= 11 is 0. The van der Waals surface area contributed by atoms with Crippen LogP contribution in [0.4, 0.5) is 0 Å². The summed E-state index contributed by atoms with van der Waals surface area (Å²) in [5, 5.41) is 30.7. The summed E-state index contributed by atoms with van der Waals surface area (Å²) in [5.41, 5.74) is -1.90. The van der Waals surface area contributed by atoms with Gasteiger partial charge in [0.25, 0.3) is 0 Å². The van der Waals surface area contributed by atoms with Crippen molar-refractivity contribution in [2.24, 2.45) is 0 Å². The zero-order valence-electron chi connectivity index (χ0n) is 8.87. The molecule has 2 N–H and O–H groups in total. The van der Waals surface area contributed by atoms with Gasteiger partial charge in [-0.1, -0.05) is 0 Å². The van der Waals surface area contributed by atoms with E-state index in [1.54, 1.807) is 12.1 Å². The zero-order chi connectivity index (χ0) is 13.4. The van der Waals surface area contributed by atoms with Gasteiger partial charge in [-0.2, -0.15) is 10.5 Å². The summed E-state index contributed by atoms with van der Waals surface area (Å²) < 4.78 is 0. The first kappa shape index (κ1) is 11.4. The van der Waals surface area contributed by atoms with E-state index in [4.69, 9.17) is 21.3 Å². The van der Waals surface area contributed by atoms with E-state index in [-0.39, 0.29) is 21.9 Å². The molecule has 0 heterocycles. The van der Waals surface area contributed by atoms with E-state index in [1.807, 2.05) is 0 Å². The van der Waals surface area contributed by atoms with Gasteiger partial charge in [0.05, 0.1) is 16.5 Å². The van der Waals surface area contributed by atoms with E-state index in [0.717, 1.165) is 0 Å². The first-order valence-electron chi connectivity index (χ1n) is 4.77. The standard InChI is InChI=1S/C12H4N4O2/c13-3-5-1-2-6-8(7(5)4-14)12(18)10(16)9(15)11(6)17/h1-2,15-16H. The average molecular weight is 236 g/mol. The van der Waals surface area contributed by atoms with Crippen LogP contribution in [0.1, 0.15) is 11.1 Å². The van der Waals surface area contributed by atoms with Gasteiger partial charge < -0.3 is 0 Å². The topological polar surface area (TPSA) is 129 Å². The molecular weight excluding hydrogens is 232 g/mol. The number of nitrogens with zero attached hydrogens (tertiary/aromatic N) is 2. The Balaban J connectivity index is 3.38. The van der Waals surface area contributed by atoms with Crippen molar-refractivity contribution in [3.63, 3.8) is 0 Å². The lowest BCUT2D eigenvalue weighted by molar-refractivity contribution is 1.10. The smallest absolute Gasteiger partial charge is 0.215 e. The molecule has 0 aliphatic carbocycles. The molecule has 6 heteroatoms. The summed E-state index contributed by atoms with van der Waals surface area (Å²) in [6.45, 7) is 0. The van der Waals surface area contributed by atoms with Crippen molar-refractivity contribution < 1.29 is 0 Å². The predicted molar refractivity (Wildman–Crippen MR) is 60.0 cm³/mol. The lowest BCUT2D eigenvalue weighted by Gasteiger charge is -1.99. The number of fused-ring (bicyclic) bond motifs is 1. The van der Waals surface area contributed by atoms with Gasteiger partial charge >= 0.3 is 0 Å². The number of benzene rings is 2. The second-order valence-corrected chi connectivity index (χ2v) is 3.54. The highest BCUT2D eigenvalue weighted by atomic mass is 16.1. The molecule has 0 aliphatic heterocycles. The fourth-order valence-electron chi connectivity index (χ4n) is 1.72. The molecule has 0 bridgehead atoms. The van der Waals surface area contributed by atoms with Gasteiger partial charge in [-0.05, 0) is 12.1 Å². The van der Waals surface area contributed by atoms with Crippen LogP contribution in [0.5, 0.6) is 0 Å². The first-order valence-corrected chi connectivity index (χ1v) is 4.77. The highest BCUT2D eigenvalue weighted by Gasteiger charge is 2.15. The molecule has 0 fully saturated rings. The van der Waals surface area contributed by atoms with E-state index in [1.165, 1.54) is 12.1 Å². The molecule has 0 radical (unpaired) electrons. The minimum Gasteiger partial charge on any atom is -0.295 e. The van der Waals surface area contributed by atoms with Crippen molar-refractivity contribution in [3.05, 3.63) is 54.4 Å². The number of hydrogen-bond acceptors (Lipinski definition) is 6. The van der Waals surface area contributed by atoms with Gasteiger partial charge in [0.2, 0.25) is 10.9 Å². The highest BCUT2D eigenvalue weighted by Crippen LogP contribution is 2.14. The summed E-state index contributed by atoms with van der Waals surface area (Å²) in [5.74, 6) is 0. The molecule has 0 amide bonds. The fraction of sp³-hybridized carbons (Fsp3) is 0. The number of nitrogens with one attached hydrogen (secondary N) is 2. The third-order valence-corrected chi connectivity index (χ3v) is 2.61. The van der Waals surface area contributed by atoms with E-state index in [0.29, 0.717) is 0 Å². The maximum atomic E-state index is 11.8. The summed E-state index contributed by atoms with van der Waals surface area (Å²) in [4.78, 5) is 23.6. The number of hydrogen-bond donors (Lipinski definition) is 2. The molecule has 0 spiro atoms. The largest absolute Gasteiger partial charge is 0.295 e. The van der Waals surface area contributed by atoms with Crippen LogP contribution in [0.3, 0.4) is 0 Å². The van der Waals surface area contributed by atoms with E-state index in [9.17, 15) is 9.59 Å². The first-order chi connectivity index (χ1) is 8.52. The fourth-order valence-corrected chi connectivity index (χ4v) is 1.72. The Labute approximate surface area is 99.3 Å². The van der Waals surface area contributed by atoms with Gasteiger partial charge in [-0.25, -0.2) is 0 Å². The molecule has 0 aromatic heterocycles. The molecule has 2 aromatic rings. The van der Waals surface area contributed by atoms with Crippen LogP contribution in [0.25, 0.3) is 10.8 Å². The minimum absolute atomic E-state index is 0.0290. The van der Waals surface area contributed by atoms with Crippen molar-refractivity contribution in [2.75, 3.05) is 0 Å². The molecule has 0 saturated heterocycles. The molecule has 0 aliphatic rings. The molecule has 2 rings (SSSR count). The Morgan fingerprint density at radius 1 is 0.944 bits per heavy atom. The molecule has 0 atom stereocenters. The van der Waals surface area contributed by atoms with Crippen LogP contribution < -0.4 is 21.6 Å². The van der Waals surface area contributed by atoms with Crippen LogP contribution in [0, 0.1) is 33.5 Å². The van der Waals surface area contributed by atoms with Crippen molar-refractivity contribution in [2.45, 2.75) is 0 Å². The lowest BCUT2D eigenvalue weighted by atomic mass is 9.99. The second-order valence-electron chi connectivity index (χ2n) is 3.54. The van der Waals surface area contributed by atoms with Gasteiger partial charge in [-0.3, -0.25) is 20.4 Å². The SMILES string of the molecule is N#Cc1ccc2c(=O)c(=N)c(=N)c(=O)c2c1C#N. The highest BCUT2D eigenvalue weighted by molar-refractivity contribution is 5.89. The monoisotopic (exact) mass is 236 g/mol. The Bertz CT molecular complexity index is 967. The maximum absolute atomic E-state index is 11.8. The Morgan fingerprint density at radius 2 is 1.56 bits per heavy atom. The minimum atomic E-state index is -0.872. The van der Waals surface area contributed by atoms with Crippen molar-refractivity contribution in [3.8, 4) is 12.1 Å². The molecule has 18 heavy (non-hydrogen) atoms. The lowest BCUT2D eigenvalue weighted by Crippen LogP contribution is -2.47. The molecule has 84 valence electrons. The van der Waals surface area contributed by atoms with Gasteiger partial charge in [0.15, 0.2) is 0 Å². The van der Waals surface area contributed by atoms with E-state index in [2.05, 4.69) is 0 Å². The average Bonchev–Trinajstić information content (AvgIpc) is 2.40. The number of nitriles is 2. The molecule has 0 unspecified atom stereocenters. The Kier molecular flexibility index (Phi) is 2.35. The van der Waals surface area contributed by atoms with Crippen LogP contribution >= 0.6 is 0 Å². The van der Waals surface area contributed by atoms with Gasteiger partial charge in [0.1, 0.15) is 22.9 Å². The Hall–Kier alpha value is -3.12. The summed E-state index contributed by atoms with van der Waals surface area (Å²) in [6, 6.07) is 5.93. The zero-order valence-corrected chi connectivity index (χ0v) is 8.87. The van der Waals surface area contributed by atoms with Crippen LogP contribution in [0.2, 0.25) is 0 Å². The van der Waals surface area contributed by atoms with Crippen LogP contribution in [-0.4, -0.2) is 0 Å². The Morgan fingerprint density at radius 3 is 2.11 bits per heavy atom. The van der Waals surface area contributed by atoms with Gasteiger partial charge in [-0.15, -0.1) is 0 Å². The third-order valence-electron chi connectivity index (χ3n) is 2.61.